The molecule has 0 N–H and O–H groups in total. The average molecular weight is 247 g/mol. The number of carbonyl (C=O) groups is 2. The van der Waals surface area contributed by atoms with Gasteiger partial charge in [-0.05, 0) is 6.92 Å². The predicted octanol–water partition coefficient (Wildman–Crippen LogP) is 0.679. The highest BCUT2D eigenvalue weighted by Crippen LogP contribution is 2.18. The minimum absolute atomic E-state index is 0.0374. The number of aromatic nitrogens is 3. The maximum absolute atomic E-state index is 13.3. The van der Waals surface area contributed by atoms with Crippen molar-refractivity contribution in [3.8, 4) is 0 Å². The van der Waals surface area contributed by atoms with E-state index in [0.29, 0.717) is 0 Å². The van der Waals surface area contributed by atoms with Crippen LogP contribution >= 0.6 is 0 Å². The van der Waals surface area contributed by atoms with Crippen molar-refractivity contribution >= 4 is 11.8 Å². The summed E-state index contributed by atoms with van der Waals surface area (Å²) in [6, 6.07) is 0. The minimum Gasteiger partial charge on any atom is -0.462 e. The lowest BCUT2D eigenvalue weighted by molar-refractivity contribution is -0.173. The van der Waals surface area contributed by atoms with Gasteiger partial charge in [0.2, 0.25) is 0 Å². The van der Waals surface area contributed by atoms with Crippen LogP contribution in [0.2, 0.25) is 0 Å². The average Bonchev–Trinajstić information content (AvgIpc) is 2.66. The van der Waals surface area contributed by atoms with Crippen LogP contribution in [0.3, 0.4) is 0 Å². The van der Waals surface area contributed by atoms with Crippen molar-refractivity contribution < 1.29 is 23.1 Å². The number of nitrogens with zero attached hydrogens (tertiary/aromatic N) is 3. The molecular weight excluding hydrogens is 236 g/mol. The molecule has 1 rings (SSSR count). The monoisotopic (exact) mass is 247 g/mol. The van der Waals surface area contributed by atoms with Gasteiger partial charge in [-0.1, -0.05) is 5.21 Å². The van der Waals surface area contributed by atoms with Gasteiger partial charge in [0.05, 0.1) is 12.8 Å². The maximum Gasteiger partial charge on any atom is 0.379 e. The van der Waals surface area contributed by atoms with Crippen molar-refractivity contribution in [2.75, 3.05) is 6.61 Å². The molecule has 6 nitrogen and oxygen atoms in total. The van der Waals surface area contributed by atoms with E-state index in [9.17, 15) is 18.4 Å². The van der Waals surface area contributed by atoms with Gasteiger partial charge in [0.25, 0.3) is 0 Å². The predicted molar refractivity (Wildman–Crippen MR) is 51.6 cm³/mol. The van der Waals surface area contributed by atoms with Crippen LogP contribution in [-0.2, 0) is 16.1 Å². The van der Waals surface area contributed by atoms with Gasteiger partial charge in [-0.25, -0.2) is 9.48 Å². The number of alkyl halides is 2. The molecule has 0 bridgehead atoms. The number of rotatable bonds is 5. The number of ketones is 1. The van der Waals surface area contributed by atoms with Gasteiger partial charge in [-0.2, -0.15) is 8.78 Å². The fourth-order valence-electron chi connectivity index (χ4n) is 1.04. The second-order valence-corrected chi connectivity index (χ2v) is 3.28. The number of carbonyl (C=O) groups excluding carboxylic acids is 2. The van der Waals surface area contributed by atoms with Crippen molar-refractivity contribution in [2.24, 2.45) is 0 Å². The number of halogens is 2. The van der Waals surface area contributed by atoms with Gasteiger partial charge in [-0.3, -0.25) is 4.79 Å². The molecule has 8 heteroatoms. The Bertz CT molecular complexity index is 431. The third-order valence-corrected chi connectivity index (χ3v) is 1.83. The quantitative estimate of drug-likeness (QED) is 0.565. The first kappa shape index (κ1) is 13.2. The molecule has 94 valence electrons. The van der Waals surface area contributed by atoms with Crippen LogP contribution in [0.1, 0.15) is 24.3 Å². The van der Waals surface area contributed by atoms with Crippen LogP contribution in [0.5, 0.6) is 0 Å². The summed E-state index contributed by atoms with van der Waals surface area (Å²) in [7, 11) is 0. The molecule has 1 aromatic rings. The van der Waals surface area contributed by atoms with Gasteiger partial charge < -0.3 is 4.74 Å². The zero-order valence-electron chi connectivity index (χ0n) is 9.31. The summed E-state index contributed by atoms with van der Waals surface area (Å²) >= 11 is 0. The van der Waals surface area contributed by atoms with Gasteiger partial charge in [0.1, 0.15) is 12.2 Å². The highest BCUT2D eigenvalue weighted by molar-refractivity contribution is 5.91. The summed E-state index contributed by atoms with van der Waals surface area (Å²) in [6.07, 6.45) is 1.05. The van der Waals surface area contributed by atoms with Crippen molar-refractivity contribution in [3.05, 3.63) is 11.9 Å². The van der Waals surface area contributed by atoms with Crippen molar-refractivity contribution in [2.45, 2.75) is 26.3 Å². The van der Waals surface area contributed by atoms with Gasteiger partial charge in [0.15, 0.2) is 5.78 Å². The van der Waals surface area contributed by atoms with Crippen LogP contribution in [0.4, 0.5) is 8.78 Å². The normalized spacial score (nSPS) is 11.3. The van der Waals surface area contributed by atoms with Crippen molar-refractivity contribution in [3.63, 3.8) is 0 Å². The molecule has 1 heterocycles. The van der Waals surface area contributed by atoms with Crippen molar-refractivity contribution in [1.29, 1.82) is 0 Å². The topological polar surface area (TPSA) is 74.1 Å². The van der Waals surface area contributed by atoms with Crippen LogP contribution in [0.25, 0.3) is 0 Å². The zero-order valence-corrected chi connectivity index (χ0v) is 9.31. The molecule has 0 saturated carbocycles. The van der Waals surface area contributed by atoms with E-state index >= 15 is 0 Å². The Morgan fingerprint density at radius 3 is 2.65 bits per heavy atom. The lowest BCUT2D eigenvalue weighted by Gasteiger charge is -2.13. The third kappa shape index (κ3) is 3.30. The summed E-state index contributed by atoms with van der Waals surface area (Å²) in [5.41, 5.74) is -0.0374. The van der Waals surface area contributed by atoms with Crippen LogP contribution < -0.4 is 0 Å². The maximum atomic E-state index is 13.3. The molecule has 0 aliphatic carbocycles. The van der Waals surface area contributed by atoms with E-state index in [1.807, 2.05) is 0 Å². The highest BCUT2D eigenvalue weighted by atomic mass is 19.3. The third-order valence-electron chi connectivity index (χ3n) is 1.83. The summed E-state index contributed by atoms with van der Waals surface area (Å²) < 4.78 is 31.5. The first-order valence-electron chi connectivity index (χ1n) is 4.83. The van der Waals surface area contributed by atoms with Crippen LogP contribution in [0, 0.1) is 0 Å². The SMILES string of the molecule is CCOC(=O)C(F)(F)Cn1cc(C(C)=O)nn1. The second kappa shape index (κ2) is 4.98. The summed E-state index contributed by atoms with van der Waals surface area (Å²) in [5, 5.41) is 6.71. The number of hydrogen-bond acceptors (Lipinski definition) is 5. The lowest BCUT2D eigenvalue weighted by atomic mass is 10.3. The van der Waals surface area contributed by atoms with E-state index in [1.54, 1.807) is 0 Å². The largest absolute Gasteiger partial charge is 0.462 e. The Kier molecular flexibility index (Phi) is 3.87. The molecule has 0 atom stereocenters. The van der Waals surface area contributed by atoms with Crippen LogP contribution in [0.15, 0.2) is 6.20 Å². The molecule has 17 heavy (non-hydrogen) atoms. The number of Topliss-reactive ketones (excluding diaryl/α,β-unsaturated/α-hetero) is 1. The standard InChI is InChI=1S/C9H11F2N3O3/c1-3-17-8(16)9(10,11)5-14-4-7(6(2)15)12-13-14/h4H,3,5H2,1-2H3. The zero-order chi connectivity index (χ0) is 13.1. The Balaban J connectivity index is 2.75. The minimum atomic E-state index is -3.70. The summed E-state index contributed by atoms with van der Waals surface area (Å²) in [6.45, 7) is 1.52. The molecule has 0 amide bonds. The Labute approximate surface area is 95.5 Å². The molecule has 1 aromatic heterocycles. The van der Waals surface area contributed by atoms with E-state index < -0.39 is 24.2 Å². The highest BCUT2D eigenvalue weighted by Gasteiger charge is 2.41. The molecular formula is C9H11F2N3O3. The Morgan fingerprint density at radius 1 is 1.53 bits per heavy atom. The first-order valence-corrected chi connectivity index (χ1v) is 4.83. The number of ether oxygens (including phenoxy) is 1. The van der Waals surface area contributed by atoms with Gasteiger partial charge >= 0.3 is 11.9 Å². The molecule has 0 fully saturated rings. The summed E-state index contributed by atoms with van der Waals surface area (Å²) in [5.74, 6) is -5.71. The second-order valence-electron chi connectivity index (χ2n) is 3.28. The molecule has 0 radical (unpaired) electrons. The lowest BCUT2D eigenvalue weighted by Crippen LogP contribution is -2.35. The fourth-order valence-corrected chi connectivity index (χ4v) is 1.04. The Hall–Kier alpha value is -1.86. The first-order chi connectivity index (χ1) is 7.86. The molecule has 0 unspecified atom stereocenters. The molecule has 0 aromatic carbocycles. The fraction of sp³-hybridized carbons (Fsp3) is 0.556. The molecule has 0 spiro atoms. The van der Waals surface area contributed by atoms with E-state index in [-0.39, 0.29) is 12.3 Å². The van der Waals surface area contributed by atoms with E-state index in [2.05, 4.69) is 15.0 Å². The van der Waals surface area contributed by atoms with Gasteiger partial charge in [0, 0.05) is 6.92 Å². The smallest absolute Gasteiger partial charge is 0.379 e. The number of hydrogen-bond donors (Lipinski definition) is 0. The molecule has 0 saturated heterocycles. The number of esters is 1. The summed E-state index contributed by atoms with van der Waals surface area (Å²) in [4.78, 5) is 21.8. The van der Waals surface area contributed by atoms with Crippen LogP contribution in [-0.4, -0.2) is 39.3 Å². The van der Waals surface area contributed by atoms with Gasteiger partial charge in [-0.15, -0.1) is 5.10 Å². The van der Waals surface area contributed by atoms with E-state index in [4.69, 9.17) is 0 Å². The Morgan fingerprint density at radius 2 is 2.18 bits per heavy atom. The van der Waals surface area contributed by atoms with E-state index in [0.717, 1.165) is 10.9 Å². The molecule has 0 aliphatic heterocycles. The van der Waals surface area contributed by atoms with E-state index in [1.165, 1.54) is 13.8 Å². The van der Waals surface area contributed by atoms with Crippen molar-refractivity contribution in [1.82, 2.24) is 15.0 Å². The molecule has 0 aliphatic rings.